The summed E-state index contributed by atoms with van der Waals surface area (Å²) in [5.74, 6) is -0.480. The van der Waals surface area contributed by atoms with E-state index in [-0.39, 0.29) is 24.7 Å². The van der Waals surface area contributed by atoms with Gasteiger partial charge in [0.25, 0.3) is 0 Å². The molecule has 0 aromatic heterocycles. The van der Waals surface area contributed by atoms with Crippen LogP contribution in [-0.4, -0.2) is 53.3 Å². The molecule has 6 heteroatoms. The molecule has 0 spiro atoms. The van der Waals surface area contributed by atoms with Gasteiger partial charge in [0.15, 0.2) is 6.10 Å². The molecule has 1 heterocycles. The Bertz CT molecular complexity index is 352. The molecule has 2 aliphatic rings. The lowest BCUT2D eigenvalue weighted by atomic mass is 9.99. The number of nitrogens with zero attached hydrogens (tertiary/aromatic N) is 1. The Balaban J connectivity index is 1.90. The summed E-state index contributed by atoms with van der Waals surface area (Å²) in [6.45, 7) is 4.85. The summed E-state index contributed by atoms with van der Waals surface area (Å²) in [4.78, 5) is 24.4. The summed E-state index contributed by atoms with van der Waals surface area (Å²) in [5.41, 5.74) is -0.214. The van der Waals surface area contributed by atoms with Crippen molar-refractivity contribution in [2.24, 2.45) is 5.92 Å². The molecule has 0 radical (unpaired) electrons. The van der Waals surface area contributed by atoms with Crippen molar-refractivity contribution in [2.75, 3.05) is 19.7 Å². The molecular weight excluding hydrogens is 236 g/mol. The topological polar surface area (TPSA) is 78.9 Å². The summed E-state index contributed by atoms with van der Waals surface area (Å²) >= 11 is 0. The van der Waals surface area contributed by atoms with Crippen LogP contribution >= 0.6 is 0 Å². The van der Waals surface area contributed by atoms with Gasteiger partial charge in [-0.3, -0.25) is 0 Å². The number of amides is 2. The van der Waals surface area contributed by atoms with Gasteiger partial charge in [0.2, 0.25) is 0 Å². The van der Waals surface area contributed by atoms with Crippen LogP contribution in [-0.2, 0) is 9.53 Å². The van der Waals surface area contributed by atoms with Gasteiger partial charge in [0.1, 0.15) is 0 Å². The minimum absolute atomic E-state index is 0.113. The van der Waals surface area contributed by atoms with Crippen molar-refractivity contribution < 1.29 is 19.4 Å². The minimum Gasteiger partial charge on any atom is -0.479 e. The lowest BCUT2D eigenvalue weighted by Gasteiger charge is -2.34. The zero-order chi connectivity index (χ0) is 13.3. The molecule has 1 aliphatic heterocycles. The minimum atomic E-state index is -1.02. The van der Waals surface area contributed by atoms with Crippen LogP contribution in [0.1, 0.15) is 26.7 Å². The lowest BCUT2D eigenvalue weighted by molar-refractivity contribution is -0.154. The van der Waals surface area contributed by atoms with E-state index in [1.54, 1.807) is 0 Å². The number of carbonyl (C=O) groups is 2. The predicted octanol–water partition coefficient (Wildman–Crippen LogP) is 0.670. The number of urea groups is 1. The van der Waals surface area contributed by atoms with Crippen molar-refractivity contribution in [3.05, 3.63) is 0 Å². The molecule has 1 saturated carbocycles. The van der Waals surface area contributed by atoms with Crippen molar-refractivity contribution >= 4 is 12.0 Å². The van der Waals surface area contributed by atoms with Crippen molar-refractivity contribution in [1.82, 2.24) is 10.2 Å². The molecule has 102 valence electrons. The maximum Gasteiger partial charge on any atom is 0.334 e. The summed E-state index contributed by atoms with van der Waals surface area (Å²) in [5, 5.41) is 11.9. The Morgan fingerprint density at radius 1 is 1.39 bits per heavy atom. The molecule has 18 heavy (non-hydrogen) atoms. The highest BCUT2D eigenvalue weighted by Gasteiger charge is 2.40. The predicted molar refractivity (Wildman–Crippen MR) is 64.3 cm³/mol. The van der Waals surface area contributed by atoms with Crippen molar-refractivity contribution in [1.29, 1.82) is 0 Å². The van der Waals surface area contributed by atoms with Crippen LogP contribution in [0.15, 0.2) is 0 Å². The Hall–Kier alpha value is -1.30. The average Bonchev–Trinajstić information content (AvgIpc) is 3.12. The van der Waals surface area contributed by atoms with Gasteiger partial charge >= 0.3 is 12.0 Å². The molecule has 1 atom stereocenters. The molecule has 2 rings (SSSR count). The lowest BCUT2D eigenvalue weighted by Crippen LogP contribution is -2.56. The van der Waals surface area contributed by atoms with Crippen molar-refractivity contribution in [2.45, 2.75) is 38.3 Å². The second-order valence-electron chi connectivity index (χ2n) is 5.57. The average molecular weight is 256 g/mol. The van der Waals surface area contributed by atoms with Gasteiger partial charge in [-0.1, -0.05) is 0 Å². The molecular formula is C12H20N2O4. The van der Waals surface area contributed by atoms with Gasteiger partial charge in [-0.25, -0.2) is 9.59 Å². The van der Waals surface area contributed by atoms with Crippen molar-refractivity contribution in [3.63, 3.8) is 0 Å². The van der Waals surface area contributed by atoms with E-state index in [1.165, 1.54) is 4.90 Å². The fourth-order valence-corrected chi connectivity index (χ4v) is 2.24. The van der Waals surface area contributed by atoms with Crippen molar-refractivity contribution in [3.8, 4) is 0 Å². The summed E-state index contributed by atoms with van der Waals surface area (Å²) in [7, 11) is 0. The quantitative estimate of drug-likeness (QED) is 0.778. The highest BCUT2D eigenvalue weighted by molar-refractivity contribution is 5.78. The van der Waals surface area contributed by atoms with Gasteiger partial charge in [-0.2, -0.15) is 0 Å². The van der Waals surface area contributed by atoms with Gasteiger partial charge < -0.3 is 20.1 Å². The van der Waals surface area contributed by atoms with Crippen LogP contribution in [0.5, 0.6) is 0 Å². The third kappa shape index (κ3) is 2.93. The number of carboxylic acids is 1. The monoisotopic (exact) mass is 256 g/mol. The first-order valence-electron chi connectivity index (χ1n) is 6.31. The molecule has 2 fully saturated rings. The van der Waals surface area contributed by atoms with Crippen LogP contribution in [0.3, 0.4) is 0 Å². The molecule has 2 amide bonds. The first-order valence-corrected chi connectivity index (χ1v) is 6.31. The van der Waals surface area contributed by atoms with E-state index in [9.17, 15) is 9.59 Å². The zero-order valence-electron chi connectivity index (χ0n) is 10.8. The number of ether oxygens (including phenoxy) is 1. The summed E-state index contributed by atoms with van der Waals surface area (Å²) in [6, 6.07) is -0.193. The Labute approximate surface area is 106 Å². The third-order valence-corrected chi connectivity index (χ3v) is 3.66. The molecule has 1 saturated heterocycles. The maximum absolute atomic E-state index is 12.1. The Kier molecular flexibility index (Phi) is 3.47. The van der Waals surface area contributed by atoms with E-state index in [2.05, 4.69) is 5.32 Å². The first kappa shape index (κ1) is 13.1. The smallest absolute Gasteiger partial charge is 0.334 e. The number of aliphatic carboxylic acids is 1. The highest BCUT2D eigenvalue weighted by Crippen LogP contribution is 2.39. The fraction of sp³-hybridized carbons (Fsp3) is 0.833. The second-order valence-corrected chi connectivity index (χ2v) is 5.57. The molecule has 0 aromatic rings. The van der Waals surface area contributed by atoms with Gasteiger partial charge in [0, 0.05) is 12.1 Å². The maximum atomic E-state index is 12.1. The zero-order valence-corrected chi connectivity index (χ0v) is 10.8. The number of hydrogen-bond acceptors (Lipinski definition) is 3. The first-order chi connectivity index (χ1) is 8.40. The molecule has 2 N–H and O–H groups in total. The number of nitrogens with one attached hydrogen (secondary N) is 1. The van der Waals surface area contributed by atoms with E-state index in [1.807, 2.05) is 13.8 Å². The van der Waals surface area contributed by atoms with Gasteiger partial charge in [0.05, 0.1) is 13.2 Å². The Morgan fingerprint density at radius 2 is 2.06 bits per heavy atom. The van der Waals surface area contributed by atoms with Crippen LogP contribution in [0, 0.1) is 5.92 Å². The third-order valence-electron chi connectivity index (χ3n) is 3.66. The van der Waals surface area contributed by atoms with E-state index in [0.29, 0.717) is 12.5 Å². The molecule has 1 aliphatic carbocycles. The van der Waals surface area contributed by atoms with Crippen LogP contribution < -0.4 is 5.32 Å². The number of rotatable bonds is 3. The second kappa shape index (κ2) is 4.76. The Morgan fingerprint density at radius 3 is 2.61 bits per heavy atom. The van der Waals surface area contributed by atoms with Crippen LogP contribution in [0.4, 0.5) is 4.79 Å². The number of carboxylic acid groups (broad SMARTS) is 1. The fourth-order valence-electron chi connectivity index (χ4n) is 2.24. The normalized spacial score (nSPS) is 24.8. The standard InChI is InChI=1S/C12H20N2O4/c1-12(2,8-3-4-8)13-11(17)14-5-6-18-9(7-14)10(15)16/h8-9H,3-7H2,1-2H3,(H,13,17)(H,15,16). The summed E-state index contributed by atoms with van der Waals surface area (Å²) in [6.07, 6.45) is 1.39. The van der Waals surface area contributed by atoms with E-state index in [0.717, 1.165) is 12.8 Å². The van der Waals surface area contributed by atoms with Crippen LogP contribution in [0.25, 0.3) is 0 Å². The van der Waals surface area contributed by atoms with E-state index < -0.39 is 12.1 Å². The number of morpholine rings is 1. The highest BCUT2D eigenvalue weighted by atomic mass is 16.5. The van der Waals surface area contributed by atoms with E-state index in [4.69, 9.17) is 9.84 Å². The number of carbonyl (C=O) groups excluding carboxylic acids is 1. The van der Waals surface area contributed by atoms with Gasteiger partial charge in [-0.15, -0.1) is 0 Å². The molecule has 6 nitrogen and oxygen atoms in total. The van der Waals surface area contributed by atoms with Gasteiger partial charge in [-0.05, 0) is 32.6 Å². The SMILES string of the molecule is CC(C)(NC(=O)N1CCOC(C(=O)O)C1)C1CC1. The molecule has 0 aromatic carbocycles. The summed E-state index contributed by atoms with van der Waals surface area (Å²) < 4.78 is 5.09. The molecule has 1 unspecified atom stereocenters. The van der Waals surface area contributed by atoms with E-state index >= 15 is 0 Å². The number of hydrogen-bond donors (Lipinski definition) is 2. The molecule has 0 bridgehead atoms. The largest absolute Gasteiger partial charge is 0.479 e. The van der Waals surface area contributed by atoms with Crippen LogP contribution in [0.2, 0.25) is 0 Å².